The Morgan fingerprint density at radius 1 is 1.03 bits per heavy atom. The maximum atomic E-state index is 13.2. The smallest absolute Gasteiger partial charge is 0.278 e. The summed E-state index contributed by atoms with van der Waals surface area (Å²) in [6.07, 6.45) is 0. The number of carbonyl (C=O) groups excluding carboxylic acids is 2. The fourth-order valence-corrected chi connectivity index (χ4v) is 3.24. The number of hydrogen-bond acceptors (Lipinski definition) is 5. The van der Waals surface area contributed by atoms with Crippen LogP contribution in [0, 0.1) is 5.82 Å². The van der Waals surface area contributed by atoms with Gasteiger partial charge in [0.15, 0.2) is 0 Å². The molecule has 0 aliphatic carbocycles. The number of halogens is 1. The van der Waals surface area contributed by atoms with Crippen LogP contribution in [-0.2, 0) is 16.1 Å². The summed E-state index contributed by atoms with van der Waals surface area (Å²) in [6.45, 7) is 2.49. The Morgan fingerprint density at radius 2 is 1.69 bits per heavy atom. The monoisotopic (exact) mass is 398 g/mol. The van der Waals surface area contributed by atoms with Gasteiger partial charge in [0.25, 0.3) is 11.8 Å². The van der Waals surface area contributed by atoms with E-state index in [2.05, 4.69) is 0 Å². The summed E-state index contributed by atoms with van der Waals surface area (Å²) in [7, 11) is 1.66. The Labute approximate surface area is 168 Å². The van der Waals surface area contributed by atoms with Crippen molar-refractivity contribution < 1.29 is 23.8 Å². The fourth-order valence-electron chi connectivity index (χ4n) is 3.24. The van der Waals surface area contributed by atoms with E-state index in [-0.39, 0.29) is 36.8 Å². The summed E-state index contributed by atoms with van der Waals surface area (Å²) in [4.78, 5) is 29.0. The Balaban J connectivity index is 1.97. The zero-order valence-corrected chi connectivity index (χ0v) is 16.4. The van der Waals surface area contributed by atoms with Crippen molar-refractivity contribution in [3.63, 3.8) is 0 Å². The SMILES string of the molecule is CCOc1ccc(C2=C(N(C)CCO)C(=O)N(Cc3ccc(F)cc3)C2=O)cc1. The first-order valence-corrected chi connectivity index (χ1v) is 9.36. The minimum atomic E-state index is -0.445. The average molecular weight is 398 g/mol. The van der Waals surface area contributed by atoms with Crippen LogP contribution in [0.2, 0.25) is 0 Å². The minimum absolute atomic E-state index is 0.0366. The topological polar surface area (TPSA) is 70.1 Å². The molecule has 1 N–H and O–H groups in total. The maximum Gasteiger partial charge on any atom is 0.278 e. The van der Waals surface area contributed by atoms with Gasteiger partial charge in [-0.1, -0.05) is 24.3 Å². The number of hydrogen-bond donors (Lipinski definition) is 1. The number of amides is 2. The van der Waals surface area contributed by atoms with E-state index in [1.54, 1.807) is 48.3 Å². The highest BCUT2D eigenvalue weighted by Crippen LogP contribution is 2.32. The van der Waals surface area contributed by atoms with Crippen molar-refractivity contribution in [1.82, 2.24) is 9.80 Å². The van der Waals surface area contributed by atoms with E-state index in [1.807, 2.05) is 6.92 Å². The lowest BCUT2D eigenvalue weighted by Gasteiger charge is -2.20. The molecule has 6 nitrogen and oxygen atoms in total. The van der Waals surface area contributed by atoms with E-state index in [4.69, 9.17) is 4.74 Å². The van der Waals surface area contributed by atoms with Crippen LogP contribution in [0.3, 0.4) is 0 Å². The molecule has 3 rings (SSSR count). The first-order valence-electron chi connectivity index (χ1n) is 9.36. The number of benzene rings is 2. The van der Waals surface area contributed by atoms with Gasteiger partial charge in [0, 0.05) is 13.6 Å². The molecule has 1 aliphatic rings. The number of aliphatic hydroxyl groups excluding tert-OH is 1. The van der Waals surface area contributed by atoms with E-state index >= 15 is 0 Å². The largest absolute Gasteiger partial charge is 0.494 e. The maximum absolute atomic E-state index is 13.2. The Bertz CT molecular complexity index is 923. The highest BCUT2D eigenvalue weighted by molar-refractivity contribution is 6.35. The first-order chi connectivity index (χ1) is 14.0. The molecule has 0 aromatic heterocycles. The van der Waals surface area contributed by atoms with Crippen molar-refractivity contribution in [3.05, 3.63) is 71.2 Å². The van der Waals surface area contributed by atoms with Gasteiger partial charge in [-0.3, -0.25) is 14.5 Å². The van der Waals surface area contributed by atoms with Crippen LogP contribution in [0.1, 0.15) is 18.1 Å². The van der Waals surface area contributed by atoms with Crippen molar-refractivity contribution in [2.45, 2.75) is 13.5 Å². The molecular weight excluding hydrogens is 375 g/mol. The van der Waals surface area contributed by atoms with E-state index in [0.29, 0.717) is 23.5 Å². The molecule has 7 heteroatoms. The summed E-state index contributed by atoms with van der Waals surface area (Å²) < 4.78 is 18.6. The molecule has 0 spiro atoms. The van der Waals surface area contributed by atoms with Crippen molar-refractivity contribution in [2.24, 2.45) is 0 Å². The van der Waals surface area contributed by atoms with Gasteiger partial charge in [0.1, 0.15) is 17.3 Å². The highest BCUT2D eigenvalue weighted by atomic mass is 19.1. The Kier molecular flexibility index (Phi) is 6.29. The number of aliphatic hydroxyl groups is 1. The standard InChI is InChI=1S/C22H23FN2O4/c1-3-29-18-10-6-16(7-11-18)19-20(24(2)12-13-26)22(28)25(21(19)27)14-15-4-8-17(23)9-5-15/h4-11,26H,3,12-14H2,1-2H3. The van der Waals surface area contributed by atoms with Crippen LogP contribution in [0.25, 0.3) is 5.57 Å². The summed E-state index contributed by atoms with van der Waals surface area (Å²) in [5.74, 6) is -0.589. The molecule has 2 amide bonds. The lowest BCUT2D eigenvalue weighted by molar-refractivity contribution is -0.138. The average Bonchev–Trinajstić information content (AvgIpc) is 2.95. The van der Waals surface area contributed by atoms with Crippen LogP contribution in [0.5, 0.6) is 5.75 Å². The van der Waals surface area contributed by atoms with Crippen molar-refractivity contribution in [3.8, 4) is 5.75 Å². The van der Waals surface area contributed by atoms with E-state index in [9.17, 15) is 19.1 Å². The number of likely N-dealkylation sites (N-methyl/N-ethyl adjacent to an activating group) is 1. The van der Waals surface area contributed by atoms with E-state index in [1.165, 1.54) is 12.1 Å². The van der Waals surface area contributed by atoms with Gasteiger partial charge in [-0.25, -0.2) is 4.39 Å². The quantitative estimate of drug-likeness (QED) is 0.692. The fraction of sp³-hybridized carbons (Fsp3) is 0.273. The summed E-state index contributed by atoms with van der Waals surface area (Å²) in [6, 6.07) is 12.6. The lowest BCUT2D eigenvalue weighted by Crippen LogP contribution is -2.34. The molecule has 0 fully saturated rings. The van der Waals surface area contributed by atoms with E-state index < -0.39 is 11.8 Å². The molecule has 0 saturated carbocycles. The number of ether oxygens (including phenoxy) is 1. The van der Waals surface area contributed by atoms with Gasteiger partial charge in [0.2, 0.25) is 0 Å². The molecule has 2 aromatic carbocycles. The van der Waals surface area contributed by atoms with Gasteiger partial charge in [-0.15, -0.1) is 0 Å². The van der Waals surface area contributed by atoms with E-state index in [0.717, 1.165) is 4.90 Å². The van der Waals surface area contributed by atoms with Crippen LogP contribution in [0.15, 0.2) is 54.2 Å². The second kappa shape index (κ2) is 8.87. The number of imide groups is 1. The third-order valence-electron chi connectivity index (χ3n) is 4.67. The molecule has 0 atom stereocenters. The molecule has 0 radical (unpaired) electrons. The van der Waals surface area contributed by atoms with Gasteiger partial charge >= 0.3 is 0 Å². The first kappa shape index (κ1) is 20.5. The van der Waals surface area contributed by atoms with Crippen molar-refractivity contribution >= 4 is 17.4 Å². The summed E-state index contributed by atoms with van der Waals surface area (Å²) >= 11 is 0. The number of nitrogens with zero attached hydrogens (tertiary/aromatic N) is 2. The number of rotatable bonds is 8. The Morgan fingerprint density at radius 3 is 2.28 bits per heavy atom. The van der Waals surface area contributed by atoms with Gasteiger partial charge in [-0.05, 0) is 42.3 Å². The van der Waals surface area contributed by atoms with Gasteiger partial charge in [0.05, 0.1) is 25.3 Å². The second-order valence-electron chi connectivity index (χ2n) is 6.65. The molecule has 2 aromatic rings. The predicted molar refractivity (Wildman–Crippen MR) is 106 cm³/mol. The third kappa shape index (κ3) is 4.30. The predicted octanol–water partition coefficient (Wildman–Crippen LogP) is 2.43. The molecule has 152 valence electrons. The van der Waals surface area contributed by atoms with Crippen LogP contribution in [0.4, 0.5) is 4.39 Å². The van der Waals surface area contributed by atoms with Crippen molar-refractivity contribution in [1.29, 1.82) is 0 Å². The van der Waals surface area contributed by atoms with Gasteiger partial charge in [-0.2, -0.15) is 0 Å². The lowest BCUT2D eigenvalue weighted by atomic mass is 10.0. The second-order valence-corrected chi connectivity index (χ2v) is 6.65. The normalized spacial score (nSPS) is 14.0. The molecule has 0 saturated heterocycles. The summed E-state index contributed by atoms with van der Waals surface area (Å²) in [5, 5.41) is 9.30. The third-order valence-corrected chi connectivity index (χ3v) is 4.67. The molecule has 29 heavy (non-hydrogen) atoms. The number of carbonyl (C=O) groups is 2. The van der Waals surface area contributed by atoms with Crippen LogP contribution < -0.4 is 4.74 Å². The highest BCUT2D eigenvalue weighted by Gasteiger charge is 2.40. The molecular formula is C22H23FN2O4. The molecule has 1 heterocycles. The summed E-state index contributed by atoms with van der Waals surface area (Å²) in [5.41, 5.74) is 1.74. The zero-order chi connectivity index (χ0) is 21.0. The molecule has 0 bridgehead atoms. The molecule has 1 aliphatic heterocycles. The van der Waals surface area contributed by atoms with Crippen molar-refractivity contribution in [2.75, 3.05) is 26.8 Å². The Hall–Kier alpha value is -3.19. The molecule has 0 unspecified atom stereocenters. The minimum Gasteiger partial charge on any atom is -0.494 e. The van der Waals surface area contributed by atoms with Crippen LogP contribution in [-0.4, -0.2) is 53.5 Å². The van der Waals surface area contributed by atoms with Gasteiger partial charge < -0.3 is 14.7 Å². The zero-order valence-electron chi connectivity index (χ0n) is 16.4. The van der Waals surface area contributed by atoms with Crippen LogP contribution >= 0.6 is 0 Å².